The second-order valence-corrected chi connectivity index (χ2v) is 5.90. The average molecular weight is 354 g/mol. The van der Waals surface area contributed by atoms with Crippen molar-refractivity contribution in [2.75, 3.05) is 0 Å². The van der Waals surface area contributed by atoms with Gasteiger partial charge in [-0.15, -0.1) is 0 Å². The molecule has 0 aliphatic heterocycles. The summed E-state index contributed by atoms with van der Waals surface area (Å²) in [6.45, 7) is 1.86. The smallest absolute Gasteiger partial charge is 0.338 e. The van der Waals surface area contributed by atoms with Crippen LogP contribution in [0.5, 0.6) is 0 Å². The second-order valence-electron chi connectivity index (χ2n) is 5.52. The van der Waals surface area contributed by atoms with Crippen LogP contribution in [0, 0.1) is 0 Å². The molecule has 0 unspecified atom stereocenters. The van der Waals surface area contributed by atoms with Crippen LogP contribution in [0.1, 0.15) is 39.6 Å². The van der Waals surface area contributed by atoms with Gasteiger partial charge in [-0.05, 0) is 12.1 Å². The number of nitrogens with zero attached hydrogens (tertiary/aromatic N) is 1. The fourth-order valence-electron chi connectivity index (χ4n) is 2.55. The molecule has 0 radical (unpaired) electrons. The summed E-state index contributed by atoms with van der Waals surface area (Å²) in [6, 6.07) is 14.2. The lowest BCUT2D eigenvalue weighted by Crippen LogP contribution is -2.06. The minimum atomic E-state index is -0.401. The summed E-state index contributed by atoms with van der Waals surface area (Å²) in [4.78, 5) is 28.4. The van der Waals surface area contributed by atoms with Crippen LogP contribution in [-0.2, 0) is 11.3 Å². The molecule has 2 aromatic carbocycles. The van der Waals surface area contributed by atoms with Gasteiger partial charge in [0.15, 0.2) is 5.78 Å². The molecular weight excluding hydrogens is 338 g/mol. The Kier molecular flexibility index (Phi) is 5.10. The fourth-order valence-corrected chi connectivity index (χ4v) is 2.86. The van der Waals surface area contributed by atoms with Crippen molar-refractivity contribution >= 4 is 34.3 Å². The molecule has 0 bridgehead atoms. The molecule has 0 fully saturated rings. The van der Waals surface area contributed by atoms with Gasteiger partial charge in [-0.3, -0.25) is 9.78 Å². The van der Waals surface area contributed by atoms with Gasteiger partial charge in [0, 0.05) is 23.6 Å². The topological polar surface area (TPSA) is 56.3 Å². The van der Waals surface area contributed by atoms with Crippen molar-refractivity contribution in [3.05, 3.63) is 76.4 Å². The fraction of sp³-hybridized carbons (Fsp3) is 0.150. The van der Waals surface area contributed by atoms with Crippen LogP contribution in [0.2, 0.25) is 5.02 Å². The Morgan fingerprint density at radius 1 is 1.08 bits per heavy atom. The highest BCUT2D eigenvalue weighted by atomic mass is 35.5. The molecule has 25 heavy (non-hydrogen) atoms. The standard InChI is InChI=1S/C20H16ClNO3/c1-2-17(23)16-11-22-19-14(9-6-10-15(19)18(16)21)12-25-20(24)13-7-4-3-5-8-13/h3-11H,2,12H2,1H3. The summed E-state index contributed by atoms with van der Waals surface area (Å²) in [6.07, 6.45) is 1.85. The Morgan fingerprint density at radius 2 is 1.84 bits per heavy atom. The number of rotatable bonds is 5. The molecule has 1 aromatic heterocycles. The maximum Gasteiger partial charge on any atom is 0.338 e. The second kappa shape index (κ2) is 7.45. The Hall–Kier alpha value is -2.72. The molecular formula is C20H16ClNO3. The van der Waals surface area contributed by atoms with E-state index in [1.165, 1.54) is 6.20 Å². The summed E-state index contributed by atoms with van der Waals surface area (Å²) in [5.74, 6) is -0.457. The highest BCUT2D eigenvalue weighted by molar-refractivity contribution is 6.38. The predicted molar refractivity (Wildman–Crippen MR) is 96.9 cm³/mol. The van der Waals surface area contributed by atoms with Gasteiger partial charge in [-0.2, -0.15) is 0 Å². The summed E-state index contributed by atoms with van der Waals surface area (Å²) < 4.78 is 5.37. The SMILES string of the molecule is CCC(=O)c1cnc2c(COC(=O)c3ccccc3)cccc2c1Cl. The number of carbonyl (C=O) groups is 2. The molecule has 0 atom stereocenters. The van der Waals surface area contributed by atoms with E-state index in [1.807, 2.05) is 18.2 Å². The lowest BCUT2D eigenvalue weighted by molar-refractivity contribution is 0.0474. The lowest BCUT2D eigenvalue weighted by Gasteiger charge is -2.10. The summed E-state index contributed by atoms with van der Waals surface area (Å²) in [5, 5.41) is 1.06. The number of Topliss-reactive ketones (excluding diaryl/α,β-unsaturated/α-hetero) is 1. The Bertz CT molecular complexity index is 938. The van der Waals surface area contributed by atoms with Gasteiger partial charge in [-0.1, -0.05) is 54.9 Å². The van der Waals surface area contributed by atoms with Gasteiger partial charge in [-0.25, -0.2) is 4.79 Å². The van der Waals surface area contributed by atoms with Crippen molar-refractivity contribution < 1.29 is 14.3 Å². The van der Waals surface area contributed by atoms with Crippen LogP contribution < -0.4 is 0 Å². The number of halogens is 1. The highest BCUT2D eigenvalue weighted by Crippen LogP contribution is 2.28. The van der Waals surface area contributed by atoms with Crippen molar-refractivity contribution in [3.63, 3.8) is 0 Å². The van der Waals surface area contributed by atoms with Crippen LogP contribution in [0.15, 0.2) is 54.7 Å². The molecule has 0 N–H and O–H groups in total. The number of hydrogen-bond acceptors (Lipinski definition) is 4. The van der Waals surface area contributed by atoms with E-state index in [2.05, 4.69) is 4.98 Å². The molecule has 5 heteroatoms. The predicted octanol–water partition coefficient (Wildman–Crippen LogP) is 4.84. The van der Waals surface area contributed by atoms with Gasteiger partial charge in [0.05, 0.1) is 21.7 Å². The summed E-state index contributed by atoms with van der Waals surface area (Å²) in [5.41, 5.74) is 2.26. The Labute approximate surface area is 150 Å². The van der Waals surface area contributed by atoms with Crippen molar-refractivity contribution in [2.45, 2.75) is 20.0 Å². The first-order chi connectivity index (χ1) is 12.1. The summed E-state index contributed by atoms with van der Waals surface area (Å²) in [7, 11) is 0. The molecule has 0 saturated carbocycles. The maximum absolute atomic E-state index is 12.1. The molecule has 126 valence electrons. The largest absolute Gasteiger partial charge is 0.457 e. The van der Waals surface area contributed by atoms with Gasteiger partial charge in [0.25, 0.3) is 0 Å². The van der Waals surface area contributed by atoms with E-state index < -0.39 is 5.97 Å². The Balaban J connectivity index is 1.89. The maximum atomic E-state index is 12.1. The van der Waals surface area contributed by atoms with E-state index in [4.69, 9.17) is 16.3 Å². The van der Waals surface area contributed by atoms with E-state index in [0.717, 1.165) is 5.56 Å². The zero-order valence-electron chi connectivity index (χ0n) is 13.7. The third-order valence-electron chi connectivity index (χ3n) is 3.91. The van der Waals surface area contributed by atoms with E-state index >= 15 is 0 Å². The first-order valence-electron chi connectivity index (χ1n) is 7.93. The monoisotopic (exact) mass is 353 g/mol. The molecule has 3 rings (SSSR count). The van der Waals surface area contributed by atoms with Crippen LogP contribution in [-0.4, -0.2) is 16.7 Å². The van der Waals surface area contributed by atoms with Gasteiger partial charge >= 0.3 is 5.97 Å². The number of ether oxygens (including phenoxy) is 1. The average Bonchev–Trinajstić information content (AvgIpc) is 2.66. The molecule has 0 aliphatic rings. The first-order valence-corrected chi connectivity index (χ1v) is 8.31. The van der Waals surface area contributed by atoms with Crippen LogP contribution in [0.4, 0.5) is 0 Å². The van der Waals surface area contributed by atoms with Gasteiger partial charge < -0.3 is 4.74 Å². The number of ketones is 1. The quantitative estimate of drug-likeness (QED) is 0.486. The molecule has 4 nitrogen and oxygen atoms in total. The van der Waals surface area contributed by atoms with Crippen LogP contribution in [0.3, 0.4) is 0 Å². The minimum absolute atomic E-state index is 0.0553. The van der Waals surface area contributed by atoms with Crippen LogP contribution in [0.25, 0.3) is 10.9 Å². The summed E-state index contributed by atoms with van der Waals surface area (Å²) >= 11 is 6.38. The number of aromatic nitrogens is 1. The first kappa shape index (κ1) is 17.1. The van der Waals surface area contributed by atoms with Crippen molar-refractivity contribution in [1.29, 1.82) is 0 Å². The normalized spacial score (nSPS) is 10.6. The number of carbonyl (C=O) groups excluding carboxylic acids is 2. The number of para-hydroxylation sites is 1. The number of esters is 1. The van der Waals surface area contributed by atoms with E-state index in [0.29, 0.717) is 33.5 Å². The molecule has 0 spiro atoms. The van der Waals surface area contributed by atoms with E-state index in [1.54, 1.807) is 37.3 Å². The molecule has 1 heterocycles. The third kappa shape index (κ3) is 3.54. The zero-order valence-corrected chi connectivity index (χ0v) is 14.4. The highest BCUT2D eigenvalue weighted by Gasteiger charge is 2.15. The lowest BCUT2D eigenvalue weighted by atomic mass is 10.1. The van der Waals surface area contributed by atoms with Gasteiger partial charge in [0.2, 0.25) is 0 Å². The zero-order chi connectivity index (χ0) is 17.8. The van der Waals surface area contributed by atoms with Crippen molar-refractivity contribution in [3.8, 4) is 0 Å². The third-order valence-corrected chi connectivity index (χ3v) is 4.31. The van der Waals surface area contributed by atoms with E-state index in [-0.39, 0.29) is 12.4 Å². The van der Waals surface area contributed by atoms with Gasteiger partial charge in [0.1, 0.15) is 6.61 Å². The Morgan fingerprint density at radius 3 is 2.56 bits per heavy atom. The number of fused-ring (bicyclic) bond motifs is 1. The molecule has 3 aromatic rings. The minimum Gasteiger partial charge on any atom is -0.457 e. The van der Waals surface area contributed by atoms with Crippen LogP contribution >= 0.6 is 11.6 Å². The van der Waals surface area contributed by atoms with Crippen molar-refractivity contribution in [2.24, 2.45) is 0 Å². The van der Waals surface area contributed by atoms with Crippen molar-refractivity contribution in [1.82, 2.24) is 4.98 Å². The number of hydrogen-bond donors (Lipinski definition) is 0. The number of benzene rings is 2. The number of pyridine rings is 1. The molecule has 0 amide bonds. The van der Waals surface area contributed by atoms with E-state index in [9.17, 15) is 9.59 Å². The molecule has 0 saturated heterocycles. The molecule has 0 aliphatic carbocycles.